The predicted octanol–water partition coefficient (Wildman–Crippen LogP) is 5.77. The first-order valence-corrected chi connectivity index (χ1v) is 17.2. The number of terminal acetylenes is 1. The predicted molar refractivity (Wildman–Crippen MR) is 180 cm³/mol. The van der Waals surface area contributed by atoms with Gasteiger partial charge in [-0.15, -0.1) is 6.42 Å². The number of phenolic OH excluding ortho intramolecular Hbond substituents is 1. The van der Waals surface area contributed by atoms with Crippen LogP contribution in [0.2, 0.25) is 0 Å². The molecule has 4 heterocycles. The van der Waals surface area contributed by atoms with Gasteiger partial charge in [0.2, 0.25) is 0 Å². The molecule has 1 aromatic heterocycles. The van der Waals surface area contributed by atoms with Gasteiger partial charge in [0.25, 0.3) is 0 Å². The third-order valence-electron chi connectivity index (χ3n) is 11.6. The molecule has 5 aliphatic rings. The third-order valence-corrected chi connectivity index (χ3v) is 11.6. The Morgan fingerprint density at radius 1 is 1.04 bits per heavy atom. The third kappa shape index (κ3) is 4.97. The highest BCUT2D eigenvalue weighted by Gasteiger charge is 2.52. The number of halogens is 2. The quantitative estimate of drug-likeness (QED) is 0.244. The Balaban J connectivity index is 1.11. The number of piperazine rings is 1. The molecule has 4 aromatic rings. The van der Waals surface area contributed by atoms with E-state index in [1.807, 2.05) is 6.07 Å². The zero-order chi connectivity index (χ0) is 32.6. The van der Waals surface area contributed by atoms with Crippen LogP contribution in [0.25, 0.3) is 32.8 Å². The fraction of sp³-hybridized carbons (Fsp3) is 0.474. The average Bonchev–Trinajstić information content (AvgIpc) is 3.76. The van der Waals surface area contributed by atoms with Crippen molar-refractivity contribution in [3.8, 4) is 35.2 Å². The van der Waals surface area contributed by atoms with Crippen molar-refractivity contribution in [3.63, 3.8) is 0 Å². The van der Waals surface area contributed by atoms with E-state index in [1.165, 1.54) is 43.5 Å². The minimum Gasteiger partial charge on any atom is -0.508 e. The van der Waals surface area contributed by atoms with Gasteiger partial charge in [-0.3, -0.25) is 4.90 Å². The van der Waals surface area contributed by atoms with Crippen molar-refractivity contribution >= 4 is 27.5 Å². The van der Waals surface area contributed by atoms with E-state index in [2.05, 4.69) is 21.0 Å². The average molecular weight is 652 g/mol. The number of nitrogens with one attached hydrogen (secondary N) is 1. The second-order valence-electron chi connectivity index (χ2n) is 14.7. The van der Waals surface area contributed by atoms with E-state index < -0.39 is 11.6 Å². The summed E-state index contributed by atoms with van der Waals surface area (Å²) in [4.78, 5) is 14.5. The van der Waals surface area contributed by atoms with Gasteiger partial charge in [0.1, 0.15) is 22.9 Å². The van der Waals surface area contributed by atoms with Crippen LogP contribution in [-0.2, 0) is 4.74 Å². The molecule has 3 saturated heterocycles. The van der Waals surface area contributed by atoms with Gasteiger partial charge in [-0.25, -0.2) is 8.78 Å². The largest absolute Gasteiger partial charge is 0.508 e. The molecule has 3 aromatic carbocycles. The van der Waals surface area contributed by atoms with Crippen molar-refractivity contribution in [1.29, 1.82) is 0 Å². The molecule has 2 bridgehead atoms. The maximum atomic E-state index is 16.9. The van der Waals surface area contributed by atoms with Crippen LogP contribution in [0.5, 0.6) is 11.8 Å². The van der Waals surface area contributed by atoms with Gasteiger partial charge < -0.3 is 24.8 Å². The van der Waals surface area contributed by atoms with Crippen LogP contribution in [0.1, 0.15) is 50.5 Å². The van der Waals surface area contributed by atoms with E-state index in [0.717, 1.165) is 65.1 Å². The number of aromatic nitrogens is 2. The molecule has 2 atom stereocenters. The second kappa shape index (κ2) is 11.3. The maximum absolute atomic E-state index is 16.9. The van der Waals surface area contributed by atoms with Gasteiger partial charge in [-0.05, 0) is 80.2 Å². The van der Waals surface area contributed by atoms with Crippen molar-refractivity contribution in [2.24, 2.45) is 5.41 Å². The minimum atomic E-state index is -0.598. The normalized spacial score (nSPS) is 24.1. The summed E-state index contributed by atoms with van der Waals surface area (Å²) >= 11 is 0. The standard InChI is InChI=1S/C38H39F2N5O3/c1-2-27-31(39)9-4-23-16-26(46)17-30(32(23)27)28-7-8-29-34(33(28)40)42-36(43-35(29)44-18-24-5-6-25(19-44)41-24)48-21-37(12-13-37)20-45-14-15-47-22-38(45)10-3-11-38/h1,4,7-9,16-17,24-25,41,46H,3,5-6,10-15,18-22H2. The Hall–Kier alpha value is -4.04. The van der Waals surface area contributed by atoms with Crippen LogP contribution in [0.3, 0.4) is 0 Å². The number of anilines is 1. The van der Waals surface area contributed by atoms with E-state index in [-0.39, 0.29) is 39.4 Å². The highest BCUT2D eigenvalue weighted by Crippen LogP contribution is 2.50. The molecule has 248 valence electrons. The van der Waals surface area contributed by atoms with Crippen LogP contribution in [0.15, 0.2) is 36.4 Å². The van der Waals surface area contributed by atoms with E-state index in [4.69, 9.17) is 25.9 Å². The topological polar surface area (TPSA) is 83.0 Å². The first-order chi connectivity index (χ1) is 23.3. The molecule has 48 heavy (non-hydrogen) atoms. The maximum Gasteiger partial charge on any atom is 0.319 e. The van der Waals surface area contributed by atoms with Crippen molar-refractivity contribution in [1.82, 2.24) is 20.2 Å². The molecule has 1 spiro atoms. The molecular weight excluding hydrogens is 612 g/mol. The molecule has 9 rings (SSSR count). The second-order valence-corrected chi connectivity index (χ2v) is 14.7. The fourth-order valence-corrected chi connectivity index (χ4v) is 8.59. The number of nitrogens with zero attached hydrogens (tertiary/aromatic N) is 4. The lowest BCUT2D eigenvalue weighted by molar-refractivity contribution is -0.115. The number of fused-ring (bicyclic) bond motifs is 4. The summed E-state index contributed by atoms with van der Waals surface area (Å²) in [7, 11) is 0. The summed E-state index contributed by atoms with van der Waals surface area (Å²) < 4.78 is 44.2. The molecule has 0 amide bonds. The lowest BCUT2D eigenvalue weighted by Crippen LogP contribution is -2.62. The summed E-state index contributed by atoms with van der Waals surface area (Å²) in [5, 5.41) is 15.7. The van der Waals surface area contributed by atoms with Crippen molar-refractivity contribution < 1.29 is 23.4 Å². The highest BCUT2D eigenvalue weighted by molar-refractivity contribution is 6.04. The van der Waals surface area contributed by atoms with Gasteiger partial charge in [-0.2, -0.15) is 9.97 Å². The summed E-state index contributed by atoms with van der Waals surface area (Å²) in [6.45, 7) is 5.43. The number of rotatable bonds is 7. The minimum absolute atomic E-state index is 0.0170. The van der Waals surface area contributed by atoms with Crippen LogP contribution < -0.4 is 15.0 Å². The van der Waals surface area contributed by atoms with Crippen LogP contribution in [-0.4, -0.2) is 83.6 Å². The molecule has 2 unspecified atom stereocenters. The van der Waals surface area contributed by atoms with Gasteiger partial charge in [-0.1, -0.05) is 18.1 Å². The molecule has 2 saturated carbocycles. The summed E-state index contributed by atoms with van der Waals surface area (Å²) in [5.74, 6) is 1.83. The Morgan fingerprint density at radius 2 is 1.85 bits per heavy atom. The Morgan fingerprint density at radius 3 is 2.58 bits per heavy atom. The Kier molecular flexibility index (Phi) is 7.05. The molecule has 0 radical (unpaired) electrons. The van der Waals surface area contributed by atoms with Crippen LogP contribution in [0, 0.1) is 29.4 Å². The number of ether oxygens (including phenoxy) is 2. The number of benzene rings is 3. The van der Waals surface area contributed by atoms with Crippen molar-refractivity contribution in [2.75, 3.05) is 50.9 Å². The molecule has 2 N–H and O–H groups in total. The first kappa shape index (κ1) is 30.1. The monoisotopic (exact) mass is 651 g/mol. The van der Waals surface area contributed by atoms with E-state index in [9.17, 15) is 9.50 Å². The van der Waals surface area contributed by atoms with Gasteiger partial charge in [0, 0.05) is 65.6 Å². The lowest BCUT2D eigenvalue weighted by Gasteiger charge is -2.53. The fourth-order valence-electron chi connectivity index (χ4n) is 8.59. The zero-order valence-electron chi connectivity index (χ0n) is 26.9. The molecule has 8 nitrogen and oxygen atoms in total. The van der Waals surface area contributed by atoms with Crippen LogP contribution in [0.4, 0.5) is 14.6 Å². The summed E-state index contributed by atoms with van der Waals surface area (Å²) in [6, 6.07) is 10.1. The molecule has 2 aliphatic carbocycles. The van der Waals surface area contributed by atoms with E-state index in [1.54, 1.807) is 6.07 Å². The first-order valence-electron chi connectivity index (χ1n) is 17.2. The lowest BCUT2D eigenvalue weighted by atomic mass is 9.74. The molecule has 5 fully saturated rings. The Labute approximate surface area is 278 Å². The van der Waals surface area contributed by atoms with Crippen molar-refractivity contribution in [2.45, 2.75) is 62.6 Å². The number of phenols is 1. The van der Waals surface area contributed by atoms with Gasteiger partial charge in [0.05, 0.1) is 25.4 Å². The van der Waals surface area contributed by atoms with Gasteiger partial charge >= 0.3 is 6.01 Å². The zero-order valence-corrected chi connectivity index (χ0v) is 26.9. The summed E-state index contributed by atoms with van der Waals surface area (Å²) in [6.07, 6.45) is 13.7. The smallest absolute Gasteiger partial charge is 0.319 e. The van der Waals surface area contributed by atoms with Crippen molar-refractivity contribution in [3.05, 3.63) is 53.6 Å². The highest BCUT2D eigenvalue weighted by atomic mass is 19.1. The molecule has 3 aliphatic heterocycles. The Bertz CT molecular complexity index is 1980. The number of hydrogen-bond acceptors (Lipinski definition) is 8. The molecule has 10 heteroatoms. The number of morpholine rings is 1. The molecular formula is C38H39F2N5O3. The van der Waals surface area contributed by atoms with E-state index >= 15 is 4.39 Å². The van der Waals surface area contributed by atoms with Gasteiger partial charge in [0.15, 0.2) is 5.82 Å². The number of aromatic hydroxyl groups is 1. The summed E-state index contributed by atoms with van der Waals surface area (Å²) in [5.41, 5.74) is 0.790. The van der Waals surface area contributed by atoms with E-state index in [0.29, 0.717) is 46.2 Å². The van der Waals surface area contributed by atoms with Crippen LogP contribution >= 0.6 is 0 Å². The number of hydrogen-bond donors (Lipinski definition) is 2. The SMILES string of the molecule is C#Cc1c(F)ccc2cc(O)cc(-c3ccc4c(N5CC6CCC(C5)N6)nc(OCC5(CN6CCOCC67CCC7)CC5)nc4c3F)c12.